The highest BCUT2D eigenvalue weighted by Crippen LogP contribution is 2.30. The fraction of sp³-hybridized carbons (Fsp3) is 0.667. The van der Waals surface area contributed by atoms with Crippen LogP contribution in [0.3, 0.4) is 0 Å². The van der Waals surface area contributed by atoms with Crippen LogP contribution in [-0.4, -0.2) is 83.1 Å². The average Bonchev–Trinajstić information content (AvgIpc) is 3.06. The van der Waals surface area contributed by atoms with E-state index >= 15 is 0 Å². The van der Waals surface area contributed by atoms with E-state index in [4.69, 9.17) is 9.94 Å². The van der Waals surface area contributed by atoms with Crippen molar-refractivity contribution in [3.63, 3.8) is 0 Å². The first-order valence-corrected chi connectivity index (χ1v) is 8.44. The lowest BCUT2D eigenvalue weighted by Gasteiger charge is -2.28. The van der Waals surface area contributed by atoms with Crippen LogP contribution in [0.15, 0.2) is 11.6 Å². The molecule has 28 heavy (non-hydrogen) atoms. The molecular formula is C15H19F3N4O6. The van der Waals surface area contributed by atoms with E-state index in [9.17, 15) is 27.6 Å². The summed E-state index contributed by atoms with van der Waals surface area (Å²) >= 11 is 0. The fourth-order valence-corrected chi connectivity index (χ4v) is 3.40. The number of hydrogen-bond acceptors (Lipinski definition) is 6. The number of halogens is 3. The van der Waals surface area contributed by atoms with Gasteiger partial charge in [0.1, 0.15) is 6.04 Å². The lowest BCUT2D eigenvalue weighted by Crippen LogP contribution is -2.50. The molecule has 2 bridgehead atoms. The maximum Gasteiger partial charge on any atom is 0.368 e. The summed E-state index contributed by atoms with van der Waals surface area (Å²) in [4.78, 5) is 46.0. The normalized spacial score (nSPS) is 29.6. The van der Waals surface area contributed by atoms with Gasteiger partial charge in [-0.05, 0) is 12.5 Å². The van der Waals surface area contributed by atoms with E-state index in [1.807, 2.05) is 0 Å². The van der Waals surface area contributed by atoms with E-state index in [1.54, 1.807) is 6.92 Å². The highest BCUT2D eigenvalue weighted by Gasteiger charge is 2.49. The SMILES string of the molecule is CC1=C[C@@H]2CN(C(=O)N2O[C@@H](F)C(=O)O)[C@@H]1C(=O)NOCC1CC(F)(F)CN1. The van der Waals surface area contributed by atoms with Gasteiger partial charge < -0.3 is 15.3 Å². The summed E-state index contributed by atoms with van der Waals surface area (Å²) in [6.07, 6.45) is -1.66. The summed E-state index contributed by atoms with van der Waals surface area (Å²) in [5.74, 6) is -5.44. The molecule has 10 nitrogen and oxygen atoms in total. The predicted octanol–water partition coefficient (Wildman–Crippen LogP) is -0.222. The smallest absolute Gasteiger partial charge is 0.368 e. The first-order chi connectivity index (χ1) is 13.1. The van der Waals surface area contributed by atoms with Crippen molar-refractivity contribution in [2.45, 2.75) is 43.8 Å². The Balaban J connectivity index is 1.57. The minimum atomic E-state index is -2.83. The molecule has 2 fully saturated rings. The van der Waals surface area contributed by atoms with E-state index < -0.39 is 61.3 Å². The standard InChI is InChI=1S/C15H19F3N4O6/c1-7-2-9-4-21(14(26)22(9)28-11(16)13(24)25)10(7)12(23)20-27-5-8-3-15(17,18)6-19-8/h2,8-11,19H,3-6H2,1H3,(H,20,23)(H,24,25)/t8?,9-,10+,11-/m1/s1. The Morgan fingerprint density at radius 3 is 2.82 bits per heavy atom. The molecule has 0 aliphatic carbocycles. The summed E-state index contributed by atoms with van der Waals surface area (Å²) < 4.78 is 39.5. The highest BCUT2D eigenvalue weighted by atomic mass is 19.3. The third-order valence-electron chi connectivity index (χ3n) is 4.62. The molecule has 1 unspecified atom stereocenters. The molecule has 3 heterocycles. The Bertz CT molecular complexity index is 705. The van der Waals surface area contributed by atoms with E-state index in [1.165, 1.54) is 6.08 Å². The first-order valence-electron chi connectivity index (χ1n) is 8.44. The van der Waals surface area contributed by atoms with E-state index in [0.29, 0.717) is 10.6 Å². The first kappa shape index (κ1) is 20.4. The minimum Gasteiger partial charge on any atom is -0.477 e. The van der Waals surface area contributed by atoms with Crippen LogP contribution in [0.1, 0.15) is 13.3 Å². The Kier molecular flexibility index (Phi) is 5.50. The Hall–Kier alpha value is -2.38. The molecule has 2 saturated heterocycles. The molecule has 0 spiro atoms. The largest absolute Gasteiger partial charge is 0.477 e. The van der Waals surface area contributed by atoms with E-state index in [-0.39, 0.29) is 13.2 Å². The van der Waals surface area contributed by atoms with Gasteiger partial charge in [-0.3, -0.25) is 9.63 Å². The van der Waals surface area contributed by atoms with E-state index in [0.717, 1.165) is 4.90 Å². The molecule has 3 N–H and O–H groups in total. The summed E-state index contributed by atoms with van der Waals surface area (Å²) in [5.41, 5.74) is 2.57. The van der Waals surface area contributed by atoms with Crippen molar-refractivity contribution in [1.82, 2.24) is 20.8 Å². The van der Waals surface area contributed by atoms with Gasteiger partial charge in [0.05, 0.1) is 25.7 Å². The van der Waals surface area contributed by atoms with Gasteiger partial charge in [-0.25, -0.2) is 33.1 Å². The Morgan fingerprint density at radius 1 is 1.50 bits per heavy atom. The summed E-state index contributed by atoms with van der Waals surface area (Å²) in [7, 11) is 0. The zero-order valence-corrected chi connectivity index (χ0v) is 14.7. The maximum absolute atomic E-state index is 13.3. The molecule has 0 saturated carbocycles. The molecule has 3 aliphatic rings. The van der Waals surface area contributed by atoms with Crippen LogP contribution < -0.4 is 10.8 Å². The van der Waals surface area contributed by atoms with Gasteiger partial charge in [0, 0.05) is 12.5 Å². The molecule has 156 valence electrons. The molecule has 4 atom stereocenters. The molecular weight excluding hydrogens is 389 g/mol. The van der Waals surface area contributed by atoms with Gasteiger partial charge in [-0.1, -0.05) is 6.08 Å². The van der Waals surface area contributed by atoms with E-state index in [2.05, 4.69) is 15.6 Å². The lowest BCUT2D eigenvalue weighted by atomic mass is 10.0. The van der Waals surface area contributed by atoms with Crippen molar-refractivity contribution in [2.75, 3.05) is 19.7 Å². The predicted molar refractivity (Wildman–Crippen MR) is 84.3 cm³/mol. The molecule has 0 aromatic carbocycles. The highest BCUT2D eigenvalue weighted by molar-refractivity contribution is 5.91. The molecule has 3 amide bonds. The number of amides is 3. The number of nitrogens with zero attached hydrogens (tertiary/aromatic N) is 2. The molecule has 3 aliphatic heterocycles. The topological polar surface area (TPSA) is 120 Å². The van der Waals surface area contributed by atoms with Gasteiger partial charge in [-0.15, -0.1) is 0 Å². The van der Waals surface area contributed by atoms with Crippen LogP contribution in [0.5, 0.6) is 0 Å². The molecule has 0 aromatic rings. The summed E-state index contributed by atoms with van der Waals surface area (Å²) in [5, 5.41) is 11.7. The van der Waals surface area contributed by atoms with Crippen LogP contribution in [0.2, 0.25) is 0 Å². The van der Waals surface area contributed by atoms with Crippen LogP contribution in [0.4, 0.5) is 18.0 Å². The summed E-state index contributed by atoms with van der Waals surface area (Å²) in [6.45, 7) is 0.885. The number of fused-ring (bicyclic) bond motifs is 2. The van der Waals surface area contributed by atoms with Crippen molar-refractivity contribution >= 4 is 17.9 Å². The maximum atomic E-state index is 13.3. The van der Waals surface area contributed by atoms with Crippen molar-refractivity contribution in [2.24, 2.45) is 0 Å². The van der Waals surface area contributed by atoms with Crippen LogP contribution in [0, 0.1) is 0 Å². The number of urea groups is 1. The number of carboxylic acids is 1. The Morgan fingerprint density at radius 2 is 2.21 bits per heavy atom. The van der Waals surface area contributed by atoms with Crippen molar-refractivity contribution in [3.8, 4) is 0 Å². The number of carbonyl (C=O) groups is 3. The van der Waals surface area contributed by atoms with Gasteiger partial charge >= 0.3 is 18.4 Å². The molecule has 0 aromatic heterocycles. The number of carbonyl (C=O) groups excluding carboxylic acids is 2. The van der Waals surface area contributed by atoms with Crippen molar-refractivity contribution in [3.05, 3.63) is 11.6 Å². The Labute approximate surface area is 157 Å². The van der Waals surface area contributed by atoms with Gasteiger partial charge in [0.15, 0.2) is 0 Å². The minimum absolute atomic E-state index is 0.0169. The second-order valence-corrected chi connectivity index (χ2v) is 6.82. The molecule has 3 rings (SSSR count). The zero-order chi connectivity index (χ0) is 20.6. The van der Waals surface area contributed by atoms with Crippen LogP contribution in [0.25, 0.3) is 0 Å². The molecule has 13 heteroatoms. The number of aliphatic carboxylic acids is 1. The number of nitrogens with one attached hydrogen (secondary N) is 2. The summed E-state index contributed by atoms with van der Waals surface area (Å²) in [6, 6.07) is -3.34. The lowest BCUT2D eigenvalue weighted by molar-refractivity contribution is -0.219. The van der Waals surface area contributed by atoms with Gasteiger partial charge in [0.25, 0.3) is 11.8 Å². The number of rotatable bonds is 7. The van der Waals surface area contributed by atoms with Crippen LogP contribution in [-0.2, 0) is 19.3 Å². The fourth-order valence-electron chi connectivity index (χ4n) is 3.40. The monoisotopic (exact) mass is 408 g/mol. The number of hydrogen-bond donors (Lipinski definition) is 3. The van der Waals surface area contributed by atoms with Gasteiger partial charge in [0.2, 0.25) is 0 Å². The third-order valence-corrected chi connectivity index (χ3v) is 4.62. The zero-order valence-electron chi connectivity index (χ0n) is 14.7. The number of carboxylic acid groups (broad SMARTS) is 1. The number of hydroxylamine groups is 3. The third kappa shape index (κ3) is 4.05. The number of alkyl halides is 3. The van der Waals surface area contributed by atoms with Crippen molar-refractivity contribution < 1.29 is 42.3 Å². The van der Waals surface area contributed by atoms with Crippen molar-refractivity contribution in [1.29, 1.82) is 0 Å². The van der Waals surface area contributed by atoms with Crippen LogP contribution >= 0.6 is 0 Å². The quantitative estimate of drug-likeness (QED) is 0.393. The second-order valence-electron chi connectivity index (χ2n) is 6.82. The second kappa shape index (κ2) is 7.56. The molecule has 0 radical (unpaired) electrons. The average molecular weight is 408 g/mol. The van der Waals surface area contributed by atoms with Gasteiger partial charge in [-0.2, -0.15) is 5.06 Å².